The molecule has 4 heterocycles. The molecule has 0 saturated heterocycles. The predicted octanol–water partition coefficient (Wildman–Crippen LogP) is 19.5. The van der Waals surface area contributed by atoms with E-state index in [9.17, 15) is 5.48 Å². The number of pyridine rings is 1. The molecule has 0 N–H and O–H groups in total. The molecule has 10 aromatic carbocycles. The second-order valence-electron chi connectivity index (χ2n) is 22.5. The first-order valence-electron chi connectivity index (χ1n) is 31.9. The van der Waals surface area contributed by atoms with Crippen LogP contribution in [0.4, 0.5) is 0 Å². The number of imidazole rings is 1. The summed E-state index contributed by atoms with van der Waals surface area (Å²) < 4.78 is 108. The van der Waals surface area contributed by atoms with E-state index in [2.05, 4.69) is 132 Å². The molecule has 0 radical (unpaired) electrons. The summed E-state index contributed by atoms with van der Waals surface area (Å²) in [7, 11) is 0. The Balaban J connectivity index is 0.981. The summed E-state index contributed by atoms with van der Waals surface area (Å²) in [5.74, 6) is 1.88. The van der Waals surface area contributed by atoms with Crippen molar-refractivity contribution >= 4 is 54.6 Å². The zero-order valence-corrected chi connectivity index (χ0v) is 47.6. The summed E-state index contributed by atoms with van der Waals surface area (Å²) >= 11 is 2.22. The molecule has 0 spiro atoms. The SMILES string of the molecule is [2H]c1c([2H])c([2H])c(-c2cc(-n3c4ccccc4c4ccccc43)cc(-c3c([2H])c([2H])c([2H])c([2H])c3[2H])c2-n2[c](=[Pt])n(-c3cccc(Oc4ccc5c6cc(-c7ccc(C(C)(C)C)cc7)ccc6n(-c6cc(C(C)(C)C)ccn6)c5c4)c3)c3ccccc32)c([2H])c1[2H]. The van der Waals surface area contributed by atoms with Crippen molar-refractivity contribution in [3.63, 3.8) is 0 Å². The molecule has 0 aliphatic rings. The molecule has 0 aliphatic heterocycles. The van der Waals surface area contributed by atoms with Gasteiger partial charge in [0, 0.05) is 6.20 Å². The number of aromatic nitrogens is 5. The molecular weight excluding hydrogens is 1170 g/mol. The van der Waals surface area contributed by atoms with E-state index in [4.69, 9.17) is 17.9 Å². The Morgan fingerprint density at radius 2 is 0.951 bits per heavy atom. The maximum absolute atomic E-state index is 9.62. The summed E-state index contributed by atoms with van der Waals surface area (Å²) in [6, 6.07) is 55.0. The molecule has 6 nitrogen and oxygen atoms in total. The second-order valence-corrected chi connectivity index (χ2v) is 23.5. The third-order valence-electron chi connectivity index (χ3n) is 15.4. The van der Waals surface area contributed by atoms with Gasteiger partial charge in [-0.15, -0.1) is 0 Å². The molecule has 396 valence electrons. The van der Waals surface area contributed by atoms with Crippen LogP contribution in [-0.4, -0.2) is 23.3 Å². The van der Waals surface area contributed by atoms with Crippen molar-refractivity contribution in [3.05, 3.63) is 264 Å². The third-order valence-corrected chi connectivity index (χ3v) is 16.4. The molecule has 0 bridgehead atoms. The molecule has 0 aliphatic carbocycles. The second kappa shape index (κ2) is 19.6. The van der Waals surface area contributed by atoms with Crippen molar-refractivity contribution in [2.45, 2.75) is 52.4 Å². The summed E-state index contributed by atoms with van der Waals surface area (Å²) in [6.07, 6.45) is 1.87. The third kappa shape index (κ3) is 8.77. The average Bonchev–Trinajstić information content (AvgIpc) is 1.69. The maximum atomic E-state index is 9.62. The number of ether oxygens (including phenoxy) is 1. The molecule has 0 saturated carbocycles. The fourth-order valence-corrected chi connectivity index (χ4v) is 12.5. The zero-order valence-electron chi connectivity index (χ0n) is 55.4. The number of rotatable bonds is 9. The van der Waals surface area contributed by atoms with Crippen LogP contribution in [0, 0.1) is 3.80 Å². The quantitative estimate of drug-likeness (QED) is 0.145. The van der Waals surface area contributed by atoms with Gasteiger partial charge < -0.3 is 0 Å². The number of hydrogen-bond acceptors (Lipinski definition) is 2. The van der Waals surface area contributed by atoms with Crippen LogP contribution in [0.2, 0.25) is 0 Å². The van der Waals surface area contributed by atoms with Crippen molar-refractivity contribution in [3.8, 4) is 67.8 Å². The van der Waals surface area contributed by atoms with E-state index >= 15 is 0 Å². The Morgan fingerprint density at radius 1 is 0.395 bits per heavy atom. The van der Waals surface area contributed by atoms with Crippen LogP contribution in [0.3, 0.4) is 0 Å². The molecule has 0 atom stereocenters. The molecule has 14 aromatic rings. The number of para-hydroxylation sites is 4. The van der Waals surface area contributed by atoms with E-state index in [1.165, 1.54) is 5.56 Å². The molecular formula is C74H59N5OPt. The number of hydrogen-bond donors (Lipinski definition) is 0. The van der Waals surface area contributed by atoms with E-state index in [1.807, 2.05) is 123 Å². The molecule has 0 fully saturated rings. The van der Waals surface area contributed by atoms with Gasteiger partial charge in [-0.1, -0.05) is 71.9 Å². The van der Waals surface area contributed by atoms with Crippen LogP contribution in [0.1, 0.15) is 66.4 Å². The van der Waals surface area contributed by atoms with Crippen LogP contribution in [-0.2, 0) is 30.2 Å². The van der Waals surface area contributed by atoms with Crippen molar-refractivity contribution in [1.29, 1.82) is 0 Å². The fraction of sp³-hybridized carbons (Fsp3) is 0.108. The molecule has 7 heteroatoms. The van der Waals surface area contributed by atoms with Gasteiger partial charge in [-0.25, -0.2) is 0 Å². The van der Waals surface area contributed by atoms with Gasteiger partial charge in [-0.05, 0) is 39.2 Å². The average molecular weight is 1240 g/mol. The van der Waals surface area contributed by atoms with E-state index in [0.29, 0.717) is 37.7 Å². The summed E-state index contributed by atoms with van der Waals surface area (Å²) in [4.78, 5) is 4.98. The minimum absolute atomic E-state index is 0.0228. The molecule has 4 aromatic heterocycles. The van der Waals surface area contributed by atoms with Crippen molar-refractivity contribution in [1.82, 2.24) is 23.3 Å². The van der Waals surface area contributed by atoms with Gasteiger partial charge in [0.25, 0.3) is 0 Å². The van der Waals surface area contributed by atoms with Crippen molar-refractivity contribution in [2.24, 2.45) is 0 Å². The van der Waals surface area contributed by atoms with E-state index in [0.717, 1.165) is 66.1 Å². The summed E-state index contributed by atoms with van der Waals surface area (Å²) in [6.45, 7) is 13.3. The first kappa shape index (κ1) is 40.1. The molecule has 0 unspecified atom stereocenters. The van der Waals surface area contributed by atoms with Crippen molar-refractivity contribution in [2.75, 3.05) is 0 Å². The molecule has 81 heavy (non-hydrogen) atoms. The van der Waals surface area contributed by atoms with Gasteiger partial charge in [0.15, 0.2) is 0 Å². The zero-order chi connectivity index (χ0) is 63.9. The monoisotopic (exact) mass is 1240 g/mol. The first-order valence-corrected chi connectivity index (χ1v) is 28.1. The van der Waals surface area contributed by atoms with E-state index < -0.39 is 60.4 Å². The number of fused-ring (bicyclic) bond motifs is 7. The van der Waals surface area contributed by atoms with Crippen LogP contribution in [0.25, 0.3) is 111 Å². The Morgan fingerprint density at radius 3 is 1.58 bits per heavy atom. The van der Waals surface area contributed by atoms with E-state index in [-0.39, 0.29) is 38.8 Å². The van der Waals surface area contributed by atoms with Crippen LogP contribution in [0.15, 0.2) is 249 Å². The van der Waals surface area contributed by atoms with Gasteiger partial charge in [-0.2, -0.15) is 0 Å². The standard InChI is InChI=1S/C74H59N5O.Pt/c1-73(2,3)53-35-32-49(33-36-53)52-34-39-67-64(42-52)61-38-37-58(47-70(61)79(67)71-43-54(40-41-75-71)74(4,5)6)80-57-25-19-24-55(44-57)76-48-77(69-31-18-17-30-68(69)76)72-62(50-20-9-7-10-21-50)45-56(46-63(72)51-22-11-8-12-23-51)78-65-28-15-13-26-59(65)60-27-14-16-29-66(60)78;/h7-47H,1-6H3;/i7D,8D,9D,10D,11D,12D,20D,21D,22D,23D;. The minimum atomic E-state index is -0.580. The number of nitrogens with zero attached hydrogens (tertiary/aromatic N) is 5. The Hall–Kier alpha value is -9.09. The predicted molar refractivity (Wildman–Crippen MR) is 333 cm³/mol. The Kier molecular flexibility index (Phi) is 9.72. The van der Waals surface area contributed by atoms with Gasteiger partial charge in [0.1, 0.15) is 0 Å². The molecule has 0 amide bonds. The molecule has 14 rings (SSSR count). The van der Waals surface area contributed by atoms with Crippen LogP contribution in [0.5, 0.6) is 11.5 Å². The van der Waals surface area contributed by atoms with Gasteiger partial charge in [0.05, 0.1) is 0 Å². The fourth-order valence-electron chi connectivity index (χ4n) is 11.4. The van der Waals surface area contributed by atoms with Gasteiger partial charge in [0.2, 0.25) is 0 Å². The van der Waals surface area contributed by atoms with E-state index in [1.54, 1.807) is 12.1 Å². The number of benzene rings is 10. The summed E-state index contributed by atoms with van der Waals surface area (Å²) in [5, 5.41) is 3.94. The van der Waals surface area contributed by atoms with Crippen LogP contribution >= 0.6 is 0 Å². The summed E-state index contributed by atoms with van der Waals surface area (Å²) in [5.41, 5.74) is 10.6. The topological polar surface area (TPSA) is 41.8 Å². The van der Waals surface area contributed by atoms with Gasteiger partial charge >= 0.3 is 382 Å². The Labute approximate surface area is 496 Å². The van der Waals surface area contributed by atoms with Gasteiger partial charge in [-0.3, -0.25) is 0 Å². The Bertz CT molecular complexity index is 5260. The van der Waals surface area contributed by atoms with Crippen molar-refractivity contribution < 1.29 is 37.8 Å². The first-order chi connectivity index (χ1) is 43.5. The van der Waals surface area contributed by atoms with Crippen LogP contribution < -0.4 is 4.74 Å². The normalized spacial score (nSPS) is 13.9.